The molecule has 1 aromatic heterocycles. The first-order valence-electron chi connectivity index (χ1n) is 8.73. The lowest BCUT2D eigenvalue weighted by molar-refractivity contribution is 0.0954. The smallest absolute Gasteiger partial charge is 0.359 e. The Morgan fingerprint density at radius 2 is 1.59 bits per heavy atom. The maximum atomic E-state index is 12.6. The number of Topliss-reactive ketones (excluding diaryl/α,β-unsaturated/α-hetero) is 1. The van der Waals surface area contributed by atoms with E-state index in [9.17, 15) is 14.4 Å². The number of carbonyl (C=O) groups is 2. The number of carbonyl (C=O) groups excluding carboxylic acids is 2. The maximum Gasteiger partial charge on any atom is 0.359 e. The minimum Gasteiger partial charge on any atom is -0.426 e. The van der Waals surface area contributed by atoms with Gasteiger partial charge in [-0.2, -0.15) is 0 Å². The second-order valence-electron chi connectivity index (χ2n) is 6.54. The Morgan fingerprint density at radius 3 is 2.30 bits per heavy atom. The van der Waals surface area contributed by atoms with Crippen LogP contribution in [-0.4, -0.2) is 11.7 Å². The van der Waals surface area contributed by atoms with Crippen LogP contribution in [0.3, 0.4) is 0 Å². The molecule has 1 unspecified atom stereocenters. The van der Waals surface area contributed by atoms with Crippen molar-refractivity contribution < 1.29 is 14.0 Å². The molecule has 0 fully saturated rings. The number of ketones is 1. The predicted octanol–water partition coefficient (Wildman–Crippen LogP) is 3.80. The summed E-state index contributed by atoms with van der Waals surface area (Å²) < 4.78 is 5.40. The molecule has 0 saturated carbocycles. The van der Waals surface area contributed by atoms with Gasteiger partial charge in [-0.15, -0.1) is 0 Å². The highest BCUT2D eigenvalue weighted by Crippen LogP contribution is 2.32. The molecule has 27 heavy (non-hydrogen) atoms. The Kier molecular flexibility index (Phi) is 4.42. The van der Waals surface area contributed by atoms with Crippen molar-refractivity contribution in [1.82, 2.24) is 0 Å². The van der Waals surface area contributed by atoms with Crippen LogP contribution in [0.5, 0.6) is 0 Å². The highest BCUT2D eigenvalue weighted by Gasteiger charge is 2.29. The Balaban J connectivity index is 1.62. The van der Waals surface area contributed by atoms with Crippen molar-refractivity contribution in [3.8, 4) is 0 Å². The number of benzene rings is 2. The van der Waals surface area contributed by atoms with Crippen LogP contribution in [0.15, 0.2) is 75.9 Å². The van der Waals surface area contributed by atoms with Gasteiger partial charge in [-0.1, -0.05) is 48.5 Å². The third-order valence-corrected chi connectivity index (χ3v) is 4.74. The van der Waals surface area contributed by atoms with Crippen molar-refractivity contribution >= 4 is 17.4 Å². The maximum absolute atomic E-state index is 12.6. The largest absolute Gasteiger partial charge is 0.426 e. The van der Waals surface area contributed by atoms with E-state index in [1.807, 2.05) is 30.3 Å². The van der Waals surface area contributed by atoms with E-state index in [2.05, 4.69) is 5.32 Å². The lowest BCUT2D eigenvalue weighted by atomic mass is 9.82. The van der Waals surface area contributed by atoms with Crippen LogP contribution in [-0.2, 0) is 6.42 Å². The van der Waals surface area contributed by atoms with E-state index in [1.165, 1.54) is 6.07 Å². The molecule has 0 saturated heterocycles. The first kappa shape index (κ1) is 17.0. The number of anilines is 1. The van der Waals surface area contributed by atoms with Crippen molar-refractivity contribution in [2.24, 2.45) is 0 Å². The number of amides is 1. The molecule has 5 nitrogen and oxygen atoms in total. The van der Waals surface area contributed by atoms with Crippen molar-refractivity contribution in [3.63, 3.8) is 0 Å². The molecule has 0 aliphatic heterocycles. The van der Waals surface area contributed by atoms with Gasteiger partial charge >= 0.3 is 5.63 Å². The topological polar surface area (TPSA) is 76.4 Å². The van der Waals surface area contributed by atoms with E-state index in [-0.39, 0.29) is 17.4 Å². The van der Waals surface area contributed by atoms with E-state index >= 15 is 0 Å². The van der Waals surface area contributed by atoms with Gasteiger partial charge in [-0.05, 0) is 29.7 Å². The quantitative estimate of drug-likeness (QED) is 0.772. The normalized spacial score (nSPS) is 15.9. The fourth-order valence-electron chi connectivity index (χ4n) is 3.35. The summed E-state index contributed by atoms with van der Waals surface area (Å²) in [5.41, 5.74) is 1.16. The van der Waals surface area contributed by atoms with Gasteiger partial charge in [0.25, 0.3) is 5.91 Å². The van der Waals surface area contributed by atoms with E-state index in [0.717, 1.165) is 5.56 Å². The number of hydrogen-bond acceptors (Lipinski definition) is 4. The number of rotatable bonds is 3. The molecule has 4 rings (SSSR count). The summed E-state index contributed by atoms with van der Waals surface area (Å²) in [4.78, 5) is 37.2. The Labute approximate surface area is 155 Å². The lowest BCUT2D eigenvalue weighted by Crippen LogP contribution is -2.24. The highest BCUT2D eigenvalue weighted by atomic mass is 16.4. The molecule has 1 amide bonds. The van der Waals surface area contributed by atoms with Crippen LogP contribution in [0.25, 0.3) is 0 Å². The molecule has 3 aromatic rings. The Bertz CT molecular complexity index is 1050. The lowest BCUT2D eigenvalue weighted by Gasteiger charge is -2.23. The van der Waals surface area contributed by atoms with Crippen molar-refractivity contribution in [3.05, 3.63) is 99.6 Å². The highest BCUT2D eigenvalue weighted by molar-refractivity contribution is 6.05. The minimum absolute atomic E-state index is 0.0147. The first-order chi connectivity index (χ1) is 13.1. The van der Waals surface area contributed by atoms with Gasteiger partial charge in [0.1, 0.15) is 11.4 Å². The fraction of sp³-hybridized carbons (Fsp3) is 0.136. The summed E-state index contributed by atoms with van der Waals surface area (Å²) in [5.74, 6) is -0.153. The van der Waals surface area contributed by atoms with Crippen molar-refractivity contribution in [2.45, 2.75) is 18.8 Å². The molecule has 1 heterocycles. The second kappa shape index (κ2) is 7.03. The zero-order valence-electron chi connectivity index (χ0n) is 14.5. The molecule has 5 heteroatoms. The zero-order chi connectivity index (χ0) is 18.8. The summed E-state index contributed by atoms with van der Waals surface area (Å²) in [6.07, 6.45) is 0.823. The van der Waals surface area contributed by atoms with Gasteiger partial charge in [0.15, 0.2) is 5.78 Å². The predicted molar refractivity (Wildman–Crippen MR) is 101 cm³/mol. The first-order valence-corrected chi connectivity index (χ1v) is 8.73. The van der Waals surface area contributed by atoms with Crippen molar-refractivity contribution in [2.75, 3.05) is 5.32 Å². The monoisotopic (exact) mass is 359 g/mol. The SMILES string of the molecule is O=C(Nc1cc2c(oc1=O)CC(c1ccccc1)CC2=O)c1ccccc1. The standard InChI is InChI=1S/C22H17NO4/c24-19-11-16(14-7-3-1-4-8-14)12-20-17(19)13-18(22(26)27-20)23-21(25)15-9-5-2-6-10-15/h1-10,13,16H,11-12H2,(H,23,25). The summed E-state index contributed by atoms with van der Waals surface area (Å²) in [7, 11) is 0. The average molecular weight is 359 g/mol. The molecule has 2 aromatic carbocycles. The number of nitrogens with one attached hydrogen (secondary N) is 1. The van der Waals surface area contributed by atoms with Crippen molar-refractivity contribution in [1.29, 1.82) is 0 Å². The van der Waals surface area contributed by atoms with Crippen LogP contribution in [0.2, 0.25) is 0 Å². The van der Waals surface area contributed by atoms with E-state index in [1.54, 1.807) is 30.3 Å². The minimum atomic E-state index is -0.653. The molecule has 1 aliphatic carbocycles. The molecule has 0 bridgehead atoms. The molecular formula is C22H17NO4. The van der Waals surface area contributed by atoms with E-state index in [0.29, 0.717) is 29.7 Å². The average Bonchev–Trinajstić information content (AvgIpc) is 2.70. The molecule has 1 aliphatic rings. The third-order valence-electron chi connectivity index (χ3n) is 4.74. The number of fused-ring (bicyclic) bond motifs is 1. The summed E-state index contributed by atoms with van der Waals surface area (Å²) in [6.45, 7) is 0. The molecule has 0 spiro atoms. The molecular weight excluding hydrogens is 342 g/mol. The number of hydrogen-bond donors (Lipinski definition) is 1. The van der Waals surface area contributed by atoms with Crippen LogP contribution in [0.1, 0.15) is 44.4 Å². The summed E-state index contributed by atoms with van der Waals surface area (Å²) in [5, 5.41) is 2.54. The van der Waals surface area contributed by atoms with Crippen LogP contribution < -0.4 is 10.9 Å². The zero-order valence-corrected chi connectivity index (χ0v) is 14.5. The second-order valence-corrected chi connectivity index (χ2v) is 6.54. The fourth-order valence-corrected chi connectivity index (χ4v) is 3.35. The van der Waals surface area contributed by atoms with Gasteiger partial charge in [-0.25, -0.2) is 4.79 Å². The molecule has 0 radical (unpaired) electrons. The summed E-state index contributed by atoms with van der Waals surface area (Å²) >= 11 is 0. The van der Waals surface area contributed by atoms with E-state index < -0.39 is 11.5 Å². The summed E-state index contributed by atoms with van der Waals surface area (Å²) in [6, 6.07) is 19.7. The van der Waals surface area contributed by atoms with Crippen LogP contribution in [0.4, 0.5) is 5.69 Å². The molecule has 1 atom stereocenters. The van der Waals surface area contributed by atoms with Gasteiger partial charge in [0.05, 0.1) is 5.56 Å². The third kappa shape index (κ3) is 3.44. The molecule has 134 valence electrons. The Hall–Kier alpha value is -3.47. The van der Waals surface area contributed by atoms with E-state index in [4.69, 9.17) is 4.42 Å². The van der Waals surface area contributed by atoms with Gasteiger partial charge in [0, 0.05) is 18.4 Å². The van der Waals surface area contributed by atoms with Crippen LogP contribution in [0, 0.1) is 0 Å². The van der Waals surface area contributed by atoms with Crippen LogP contribution >= 0.6 is 0 Å². The van der Waals surface area contributed by atoms with Gasteiger partial charge in [-0.3, -0.25) is 9.59 Å². The van der Waals surface area contributed by atoms with Gasteiger partial charge < -0.3 is 9.73 Å². The Morgan fingerprint density at radius 1 is 0.926 bits per heavy atom. The molecule has 1 N–H and O–H groups in total. The van der Waals surface area contributed by atoms with Gasteiger partial charge in [0.2, 0.25) is 0 Å².